The second kappa shape index (κ2) is 38.9. The summed E-state index contributed by atoms with van der Waals surface area (Å²) in [6, 6.07) is 0. The molecule has 0 fully saturated rings. The van der Waals surface area contributed by atoms with Crippen LogP contribution in [-0.4, -0.2) is 49.9 Å². The lowest BCUT2D eigenvalue weighted by Gasteiger charge is -2.20. The third-order valence-electron chi connectivity index (χ3n) is 8.57. The van der Waals surface area contributed by atoms with Gasteiger partial charge in [-0.3, -0.25) is 13.8 Å². The lowest BCUT2D eigenvalue weighted by atomic mass is 10.0. The molecule has 9 heteroatoms. The van der Waals surface area contributed by atoms with Crippen molar-refractivity contribution >= 4 is 13.8 Å². The first kappa shape index (κ1) is 48.7. The molecule has 0 aliphatic heterocycles. The number of hydrogen-bond donors (Lipinski definition) is 2. The van der Waals surface area contributed by atoms with E-state index in [1.54, 1.807) is 0 Å². The molecule has 0 radical (unpaired) electrons. The number of phosphoric ester groups is 1. The molecular weight excluding hydrogens is 649 g/mol. The predicted octanol–water partition coefficient (Wildman–Crippen LogP) is 11.9. The van der Waals surface area contributed by atoms with E-state index in [2.05, 4.69) is 50.3 Å². The van der Waals surface area contributed by atoms with Crippen LogP contribution < -0.4 is 5.73 Å². The van der Waals surface area contributed by atoms with Crippen molar-refractivity contribution in [2.45, 2.75) is 187 Å². The van der Waals surface area contributed by atoms with Gasteiger partial charge in [-0.15, -0.1) is 0 Å². The standard InChI is InChI=1S/C41H78NO7P/c1-3-5-7-9-11-13-15-17-18-19-20-21-23-25-27-29-31-33-36-46-38-40(39-48-50(44,45)47-37-35-42)49-41(43)34-32-30-28-26-24-22-16-14-12-10-8-6-4-2/h6,8,12,14,22,24,40H,3-5,7,9-11,13,15-21,23,25-39,42H2,1-2H3,(H,44,45)/b8-6-,14-12-,24-22-. The van der Waals surface area contributed by atoms with Gasteiger partial charge in [-0.05, 0) is 44.9 Å². The summed E-state index contributed by atoms with van der Waals surface area (Å²) < 4.78 is 33.3. The highest BCUT2D eigenvalue weighted by Crippen LogP contribution is 2.43. The first-order chi connectivity index (χ1) is 24.4. The molecule has 0 aromatic carbocycles. The molecule has 0 aromatic rings. The summed E-state index contributed by atoms with van der Waals surface area (Å²) in [7, 11) is -4.28. The van der Waals surface area contributed by atoms with Gasteiger partial charge in [-0.2, -0.15) is 0 Å². The fourth-order valence-electron chi connectivity index (χ4n) is 5.60. The van der Waals surface area contributed by atoms with Gasteiger partial charge >= 0.3 is 13.8 Å². The van der Waals surface area contributed by atoms with E-state index in [4.69, 9.17) is 24.3 Å². The summed E-state index contributed by atoms with van der Waals surface area (Å²) in [5.74, 6) is -0.358. The van der Waals surface area contributed by atoms with Crippen molar-refractivity contribution in [2.24, 2.45) is 5.73 Å². The zero-order valence-electron chi connectivity index (χ0n) is 32.4. The first-order valence-corrected chi connectivity index (χ1v) is 22.0. The van der Waals surface area contributed by atoms with Crippen LogP contribution in [0.1, 0.15) is 181 Å². The highest BCUT2D eigenvalue weighted by molar-refractivity contribution is 7.47. The molecule has 0 bridgehead atoms. The smallest absolute Gasteiger partial charge is 0.457 e. The van der Waals surface area contributed by atoms with E-state index in [9.17, 15) is 14.3 Å². The molecular formula is C41H78NO7P. The van der Waals surface area contributed by atoms with Gasteiger partial charge in [0, 0.05) is 19.6 Å². The van der Waals surface area contributed by atoms with Crippen LogP contribution in [0, 0.1) is 0 Å². The van der Waals surface area contributed by atoms with Crippen molar-refractivity contribution in [3.05, 3.63) is 36.5 Å². The Morgan fingerprint density at radius 2 is 1.12 bits per heavy atom. The third-order valence-corrected chi connectivity index (χ3v) is 9.56. The highest BCUT2D eigenvalue weighted by Gasteiger charge is 2.25. The number of carbonyl (C=O) groups is 1. The monoisotopic (exact) mass is 728 g/mol. The summed E-state index contributed by atoms with van der Waals surface area (Å²) in [6.07, 6.45) is 43.1. The highest BCUT2D eigenvalue weighted by atomic mass is 31.2. The lowest BCUT2D eigenvalue weighted by molar-refractivity contribution is -0.154. The van der Waals surface area contributed by atoms with Gasteiger partial charge in [0.25, 0.3) is 0 Å². The maximum absolute atomic E-state index is 12.5. The average Bonchev–Trinajstić information content (AvgIpc) is 3.10. The van der Waals surface area contributed by atoms with Crippen molar-refractivity contribution in [3.8, 4) is 0 Å². The molecule has 0 saturated carbocycles. The Labute approximate surface area is 308 Å². The summed E-state index contributed by atoms with van der Waals surface area (Å²) in [4.78, 5) is 22.4. The Kier molecular flexibility index (Phi) is 37.9. The van der Waals surface area contributed by atoms with Crippen LogP contribution in [0.15, 0.2) is 36.5 Å². The van der Waals surface area contributed by atoms with Crippen molar-refractivity contribution in [1.29, 1.82) is 0 Å². The molecule has 0 rings (SSSR count). The summed E-state index contributed by atoms with van der Waals surface area (Å²) in [5, 5.41) is 0. The van der Waals surface area contributed by atoms with Crippen molar-refractivity contribution in [1.82, 2.24) is 0 Å². The number of rotatable bonds is 39. The molecule has 294 valence electrons. The largest absolute Gasteiger partial charge is 0.472 e. The number of unbranched alkanes of at least 4 members (excludes halogenated alkanes) is 20. The van der Waals surface area contributed by atoms with Gasteiger partial charge in [0.05, 0.1) is 19.8 Å². The van der Waals surface area contributed by atoms with Gasteiger partial charge in [0.2, 0.25) is 0 Å². The van der Waals surface area contributed by atoms with E-state index >= 15 is 0 Å². The number of esters is 1. The SMILES string of the molecule is CC/C=C\C/C=C\C/C=C\CCCCCC(=O)OC(COCCCCCCCCCCCCCCCCCCCC)COP(=O)(O)OCCN. The number of allylic oxidation sites excluding steroid dienone is 6. The van der Waals surface area contributed by atoms with Crippen LogP contribution in [0.3, 0.4) is 0 Å². The topological polar surface area (TPSA) is 117 Å². The minimum atomic E-state index is -4.28. The normalized spacial score (nSPS) is 13.9. The van der Waals surface area contributed by atoms with Crippen LogP contribution >= 0.6 is 7.82 Å². The summed E-state index contributed by atoms with van der Waals surface area (Å²) in [5.41, 5.74) is 5.36. The maximum Gasteiger partial charge on any atom is 0.472 e. The Balaban J connectivity index is 4.04. The van der Waals surface area contributed by atoms with Crippen molar-refractivity contribution in [2.75, 3.05) is 33.0 Å². The van der Waals surface area contributed by atoms with Crippen molar-refractivity contribution in [3.63, 3.8) is 0 Å². The molecule has 0 saturated heterocycles. The van der Waals surface area contributed by atoms with Gasteiger partial charge in [0.1, 0.15) is 6.10 Å². The number of ether oxygens (including phenoxy) is 2. The number of phosphoric acid groups is 1. The van der Waals surface area contributed by atoms with E-state index in [1.165, 1.54) is 103 Å². The zero-order chi connectivity index (χ0) is 36.6. The fraction of sp³-hybridized carbons (Fsp3) is 0.829. The third kappa shape index (κ3) is 38.0. The summed E-state index contributed by atoms with van der Waals surface area (Å²) in [6.45, 7) is 4.78. The fourth-order valence-corrected chi connectivity index (χ4v) is 6.36. The van der Waals surface area contributed by atoms with E-state index < -0.39 is 13.9 Å². The first-order valence-electron chi connectivity index (χ1n) is 20.5. The van der Waals surface area contributed by atoms with E-state index in [-0.39, 0.29) is 38.8 Å². The second-order valence-corrected chi connectivity index (χ2v) is 14.9. The molecule has 3 N–H and O–H groups in total. The van der Waals surface area contributed by atoms with Crippen LogP contribution in [0.2, 0.25) is 0 Å². The molecule has 0 aliphatic rings. The van der Waals surface area contributed by atoms with Crippen LogP contribution in [0.25, 0.3) is 0 Å². The lowest BCUT2D eigenvalue weighted by Crippen LogP contribution is -2.28. The van der Waals surface area contributed by atoms with E-state index in [0.717, 1.165) is 57.8 Å². The minimum absolute atomic E-state index is 0.0958. The minimum Gasteiger partial charge on any atom is -0.457 e. The molecule has 8 nitrogen and oxygen atoms in total. The molecule has 50 heavy (non-hydrogen) atoms. The molecule has 0 heterocycles. The number of nitrogens with two attached hydrogens (primary N) is 1. The molecule has 2 atom stereocenters. The zero-order valence-corrected chi connectivity index (χ0v) is 33.3. The van der Waals surface area contributed by atoms with Crippen LogP contribution in [0.5, 0.6) is 0 Å². The Morgan fingerprint density at radius 1 is 0.620 bits per heavy atom. The Morgan fingerprint density at radius 3 is 1.66 bits per heavy atom. The molecule has 0 spiro atoms. The average molecular weight is 728 g/mol. The van der Waals surface area contributed by atoms with Gasteiger partial charge in [-0.1, -0.05) is 166 Å². The Hall–Kier alpha value is -1.28. The van der Waals surface area contributed by atoms with Gasteiger partial charge < -0.3 is 20.1 Å². The second-order valence-electron chi connectivity index (χ2n) is 13.5. The Bertz CT molecular complexity index is 864. The number of carbonyl (C=O) groups excluding carboxylic acids is 1. The predicted molar refractivity (Wildman–Crippen MR) is 210 cm³/mol. The van der Waals surface area contributed by atoms with E-state index in [1.807, 2.05) is 0 Å². The van der Waals surface area contributed by atoms with Gasteiger partial charge in [-0.25, -0.2) is 4.57 Å². The van der Waals surface area contributed by atoms with Crippen LogP contribution in [-0.2, 0) is 27.9 Å². The molecule has 2 unspecified atom stereocenters. The van der Waals surface area contributed by atoms with E-state index in [0.29, 0.717) is 6.61 Å². The maximum atomic E-state index is 12.5. The molecule has 0 amide bonds. The quantitative estimate of drug-likeness (QED) is 0.0278. The van der Waals surface area contributed by atoms with Gasteiger partial charge in [0.15, 0.2) is 0 Å². The van der Waals surface area contributed by atoms with Crippen molar-refractivity contribution < 1.29 is 32.8 Å². The molecule has 0 aromatic heterocycles. The molecule has 0 aliphatic carbocycles. The van der Waals surface area contributed by atoms with Crippen LogP contribution in [0.4, 0.5) is 0 Å². The summed E-state index contributed by atoms with van der Waals surface area (Å²) >= 11 is 0. The number of hydrogen-bond acceptors (Lipinski definition) is 7.